The molecule has 0 saturated heterocycles. The lowest BCUT2D eigenvalue weighted by Crippen LogP contribution is -2.13. The molecule has 0 spiro atoms. The van der Waals surface area contributed by atoms with E-state index in [1.807, 2.05) is 13.0 Å². The zero-order valence-corrected chi connectivity index (χ0v) is 11.3. The summed E-state index contributed by atoms with van der Waals surface area (Å²) in [5.74, 6) is 0.745. The first-order chi connectivity index (χ1) is 9.08. The zero-order chi connectivity index (χ0) is 13.6. The van der Waals surface area contributed by atoms with Crippen LogP contribution < -0.4 is 0 Å². The third-order valence-corrected chi connectivity index (χ3v) is 4.26. The topological polar surface area (TPSA) is 55.1 Å². The highest BCUT2D eigenvalue weighted by Gasteiger charge is 2.27. The Bertz CT molecular complexity index is 645. The Kier molecular flexibility index (Phi) is 2.81. The lowest BCUT2D eigenvalue weighted by atomic mass is 10.1. The van der Waals surface area contributed by atoms with Crippen LogP contribution in [0.2, 0.25) is 0 Å². The molecule has 0 bridgehead atoms. The molecule has 2 unspecified atom stereocenters. The number of hydrogen-bond donors (Lipinski definition) is 1. The average Bonchev–Trinajstić information content (AvgIpc) is 2.90. The van der Waals surface area contributed by atoms with Gasteiger partial charge in [-0.2, -0.15) is 0 Å². The molecule has 1 fully saturated rings. The summed E-state index contributed by atoms with van der Waals surface area (Å²) in [5, 5.41) is 9.04. The van der Waals surface area contributed by atoms with Gasteiger partial charge < -0.3 is 9.67 Å². The molecular formula is C15H18N2O2. The molecule has 3 rings (SSSR count). The van der Waals surface area contributed by atoms with E-state index >= 15 is 0 Å². The minimum atomic E-state index is -0.900. The number of aromatic carboxylic acids is 1. The smallest absolute Gasteiger partial charge is 0.335 e. The number of fused-ring (bicyclic) bond motifs is 1. The van der Waals surface area contributed by atoms with Crippen molar-refractivity contribution in [2.45, 2.75) is 39.2 Å². The van der Waals surface area contributed by atoms with Gasteiger partial charge in [0.25, 0.3) is 0 Å². The first kappa shape index (κ1) is 12.2. The predicted molar refractivity (Wildman–Crippen MR) is 73.5 cm³/mol. The van der Waals surface area contributed by atoms with Crippen LogP contribution in [0.4, 0.5) is 0 Å². The summed E-state index contributed by atoms with van der Waals surface area (Å²) in [6.07, 6.45) is 3.71. The van der Waals surface area contributed by atoms with E-state index in [-0.39, 0.29) is 0 Å². The summed E-state index contributed by atoms with van der Waals surface area (Å²) in [6.45, 7) is 4.29. The average molecular weight is 258 g/mol. The van der Waals surface area contributed by atoms with Crippen LogP contribution in [0.5, 0.6) is 0 Å². The molecule has 1 N–H and O–H groups in total. The molecule has 4 nitrogen and oxygen atoms in total. The lowest BCUT2D eigenvalue weighted by Gasteiger charge is -2.20. The van der Waals surface area contributed by atoms with Crippen LogP contribution in [0, 0.1) is 12.8 Å². The monoisotopic (exact) mass is 258 g/mol. The Labute approximate surface area is 112 Å². The molecule has 1 aliphatic rings. The Morgan fingerprint density at radius 3 is 2.84 bits per heavy atom. The molecule has 0 aliphatic heterocycles. The molecule has 4 heteroatoms. The fourth-order valence-corrected chi connectivity index (χ4v) is 3.28. The molecule has 2 atom stereocenters. The van der Waals surface area contributed by atoms with Crippen molar-refractivity contribution in [3.63, 3.8) is 0 Å². The molecule has 1 heterocycles. The molecule has 1 saturated carbocycles. The van der Waals surface area contributed by atoms with Crippen molar-refractivity contribution in [1.29, 1.82) is 0 Å². The van der Waals surface area contributed by atoms with Crippen molar-refractivity contribution in [3.8, 4) is 0 Å². The normalized spacial score (nSPS) is 23.1. The molecule has 1 aliphatic carbocycles. The van der Waals surface area contributed by atoms with Gasteiger partial charge in [0.1, 0.15) is 5.82 Å². The van der Waals surface area contributed by atoms with Crippen LogP contribution in [0.1, 0.15) is 48.4 Å². The van der Waals surface area contributed by atoms with Gasteiger partial charge in [0.05, 0.1) is 16.6 Å². The molecular weight excluding hydrogens is 240 g/mol. The van der Waals surface area contributed by atoms with Gasteiger partial charge in [-0.1, -0.05) is 13.3 Å². The Hall–Kier alpha value is -1.84. The number of carboxylic acid groups (broad SMARTS) is 1. The standard InChI is InChI=1S/C15H18N2O2/c1-9-4-3-5-13(9)17-10(2)16-12-8-11(15(18)19)6-7-14(12)17/h6-9,13H,3-5H2,1-2H3,(H,18,19). The Morgan fingerprint density at radius 2 is 2.21 bits per heavy atom. The van der Waals surface area contributed by atoms with Gasteiger partial charge in [0, 0.05) is 6.04 Å². The largest absolute Gasteiger partial charge is 0.478 e. The van der Waals surface area contributed by atoms with E-state index in [4.69, 9.17) is 5.11 Å². The van der Waals surface area contributed by atoms with Crippen molar-refractivity contribution in [3.05, 3.63) is 29.6 Å². The number of carboxylic acids is 1. The van der Waals surface area contributed by atoms with E-state index < -0.39 is 5.97 Å². The van der Waals surface area contributed by atoms with Crippen LogP contribution >= 0.6 is 0 Å². The number of aromatic nitrogens is 2. The van der Waals surface area contributed by atoms with E-state index in [1.165, 1.54) is 19.3 Å². The highest BCUT2D eigenvalue weighted by Crippen LogP contribution is 2.38. The highest BCUT2D eigenvalue weighted by molar-refractivity contribution is 5.92. The third kappa shape index (κ3) is 1.91. The molecule has 1 aromatic carbocycles. The third-order valence-electron chi connectivity index (χ3n) is 4.26. The van der Waals surface area contributed by atoms with E-state index in [0.29, 0.717) is 17.5 Å². The fraction of sp³-hybridized carbons (Fsp3) is 0.467. The number of carbonyl (C=O) groups is 1. The van der Waals surface area contributed by atoms with Crippen LogP contribution in [-0.4, -0.2) is 20.6 Å². The molecule has 0 radical (unpaired) electrons. The van der Waals surface area contributed by atoms with E-state index in [2.05, 4.69) is 16.5 Å². The SMILES string of the molecule is Cc1nc2cc(C(=O)O)ccc2n1C1CCCC1C. The van der Waals surface area contributed by atoms with E-state index in [9.17, 15) is 4.79 Å². The van der Waals surface area contributed by atoms with Crippen molar-refractivity contribution >= 4 is 17.0 Å². The quantitative estimate of drug-likeness (QED) is 0.898. The Morgan fingerprint density at radius 1 is 1.42 bits per heavy atom. The van der Waals surface area contributed by atoms with Crippen molar-refractivity contribution in [2.24, 2.45) is 5.92 Å². The van der Waals surface area contributed by atoms with E-state index in [0.717, 1.165) is 16.9 Å². The van der Waals surface area contributed by atoms with Crippen molar-refractivity contribution < 1.29 is 9.90 Å². The molecule has 1 aromatic heterocycles. The molecule has 0 amide bonds. The van der Waals surface area contributed by atoms with Gasteiger partial charge >= 0.3 is 5.97 Å². The van der Waals surface area contributed by atoms with Gasteiger partial charge in [-0.15, -0.1) is 0 Å². The van der Waals surface area contributed by atoms with Crippen molar-refractivity contribution in [1.82, 2.24) is 9.55 Å². The number of aryl methyl sites for hydroxylation is 1. The first-order valence-electron chi connectivity index (χ1n) is 6.80. The highest BCUT2D eigenvalue weighted by atomic mass is 16.4. The summed E-state index contributed by atoms with van der Waals surface area (Å²) >= 11 is 0. The fourth-order valence-electron chi connectivity index (χ4n) is 3.28. The maximum Gasteiger partial charge on any atom is 0.335 e. The molecule has 100 valence electrons. The molecule has 2 aromatic rings. The zero-order valence-electron chi connectivity index (χ0n) is 11.3. The van der Waals surface area contributed by atoms with Crippen LogP contribution in [0.25, 0.3) is 11.0 Å². The van der Waals surface area contributed by atoms with E-state index in [1.54, 1.807) is 12.1 Å². The summed E-state index contributed by atoms with van der Waals surface area (Å²) < 4.78 is 2.29. The maximum atomic E-state index is 11.0. The number of hydrogen-bond acceptors (Lipinski definition) is 2. The summed E-state index contributed by atoms with van der Waals surface area (Å²) in [7, 11) is 0. The minimum absolute atomic E-state index is 0.302. The van der Waals surface area contributed by atoms with Crippen LogP contribution in [0.3, 0.4) is 0 Å². The van der Waals surface area contributed by atoms with Crippen molar-refractivity contribution in [2.75, 3.05) is 0 Å². The van der Waals surface area contributed by atoms with Gasteiger partial charge in [-0.25, -0.2) is 9.78 Å². The van der Waals surface area contributed by atoms with Crippen LogP contribution in [0.15, 0.2) is 18.2 Å². The number of benzene rings is 1. The van der Waals surface area contributed by atoms with Gasteiger partial charge in [-0.3, -0.25) is 0 Å². The summed E-state index contributed by atoms with van der Waals surface area (Å²) in [6, 6.07) is 5.73. The Balaban J connectivity index is 2.15. The second-order valence-electron chi connectivity index (χ2n) is 5.51. The second kappa shape index (κ2) is 4.37. The van der Waals surface area contributed by atoms with Gasteiger partial charge in [0.15, 0.2) is 0 Å². The predicted octanol–water partition coefficient (Wildman–Crippen LogP) is 3.40. The second-order valence-corrected chi connectivity index (χ2v) is 5.51. The molecule has 19 heavy (non-hydrogen) atoms. The lowest BCUT2D eigenvalue weighted by molar-refractivity contribution is 0.0697. The van der Waals surface area contributed by atoms with Gasteiger partial charge in [0.2, 0.25) is 0 Å². The summed E-state index contributed by atoms with van der Waals surface area (Å²) in [4.78, 5) is 15.5. The minimum Gasteiger partial charge on any atom is -0.478 e. The number of nitrogens with zero attached hydrogens (tertiary/aromatic N) is 2. The van der Waals surface area contributed by atoms with Gasteiger partial charge in [-0.05, 0) is 43.9 Å². The number of imidazole rings is 1. The first-order valence-corrected chi connectivity index (χ1v) is 6.80. The van der Waals surface area contributed by atoms with Crippen LogP contribution in [-0.2, 0) is 0 Å². The summed E-state index contributed by atoms with van der Waals surface area (Å²) in [5.41, 5.74) is 2.15. The maximum absolute atomic E-state index is 11.0. The number of rotatable bonds is 2.